The molecule has 0 aliphatic heterocycles. The van der Waals surface area contributed by atoms with Crippen molar-refractivity contribution in [3.8, 4) is 11.5 Å². The second kappa shape index (κ2) is 21.2. The molecule has 0 unspecified atom stereocenters. The first kappa shape index (κ1) is 42.7. The molecule has 0 saturated heterocycles. The molecular weight excluding hydrogens is 753 g/mol. The van der Waals surface area contributed by atoms with Crippen molar-refractivity contribution in [3.05, 3.63) is 146 Å². The van der Waals surface area contributed by atoms with Crippen LogP contribution in [-0.2, 0) is 28.6 Å². The van der Waals surface area contributed by atoms with Crippen molar-refractivity contribution in [2.45, 2.75) is 20.8 Å². The minimum Gasteiger partial charge on any atom is -0.490 e. The Labute approximate surface area is 343 Å². The van der Waals surface area contributed by atoms with Gasteiger partial charge in [0.15, 0.2) is 0 Å². The molecule has 14 nitrogen and oxygen atoms in total. The first-order valence-electron chi connectivity index (χ1n) is 18.6. The number of rotatable bonds is 21. The summed E-state index contributed by atoms with van der Waals surface area (Å²) in [6.07, 6.45) is 0. The molecule has 0 bridgehead atoms. The summed E-state index contributed by atoms with van der Waals surface area (Å²) < 4.78 is 27.7. The second-order valence-electron chi connectivity index (χ2n) is 13.0. The molecule has 0 fully saturated rings. The predicted molar refractivity (Wildman–Crippen MR) is 226 cm³/mol. The van der Waals surface area contributed by atoms with Crippen molar-refractivity contribution in [3.63, 3.8) is 0 Å². The van der Waals surface area contributed by atoms with Crippen molar-refractivity contribution < 1.29 is 38.1 Å². The van der Waals surface area contributed by atoms with E-state index in [2.05, 4.69) is 25.1 Å². The molecule has 0 radical (unpaired) electrons. The molecule has 0 aliphatic carbocycles. The average molecular weight is 799 g/mol. The van der Waals surface area contributed by atoms with Gasteiger partial charge >= 0.3 is 17.9 Å². The summed E-state index contributed by atoms with van der Waals surface area (Å²) in [7, 11) is 0. The van der Waals surface area contributed by atoms with Crippen molar-refractivity contribution in [1.82, 2.24) is 15.0 Å². The summed E-state index contributed by atoms with van der Waals surface area (Å²) in [5.74, 6) is 0.195. The number of hydrogen-bond donors (Lipinski definition) is 1. The van der Waals surface area contributed by atoms with Gasteiger partial charge in [-0.2, -0.15) is 15.0 Å². The Morgan fingerprint density at radius 3 is 1.31 bits per heavy atom. The van der Waals surface area contributed by atoms with Crippen LogP contribution in [0.25, 0.3) is 0 Å². The number of nitrogens with zero attached hydrogens (tertiary/aromatic N) is 5. The van der Waals surface area contributed by atoms with E-state index in [4.69, 9.17) is 38.6 Å². The van der Waals surface area contributed by atoms with E-state index in [9.17, 15) is 14.4 Å². The van der Waals surface area contributed by atoms with E-state index in [0.29, 0.717) is 34.0 Å². The number of esters is 3. The van der Waals surface area contributed by atoms with Gasteiger partial charge < -0.3 is 29.0 Å². The van der Waals surface area contributed by atoms with E-state index in [-0.39, 0.29) is 63.0 Å². The van der Waals surface area contributed by atoms with Crippen LogP contribution in [0.3, 0.4) is 0 Å². The van der Waals surface area contributed by atoms with Crippen LogP contribution in [0.4, 0.5) is 40.6 Å². The van der Waals surface area contributed by atoms with Gasteiger partial charge in [0, 0.05) is 40.2 Å². The Balaban J connectivity index is 1.56. The maximum Gasteiger partial charge on any atom is 0.333 e. The minimum atomic E-state index is -0.513. The summed E-state index contributed by atoms with van der Waals surface area (Å²) >= 11 is 0. The van der Waals surface area contributed by atoms with Crippen LogP contribution in [0.1, 0.15) is 20.8 Å². The summed E-state index contributed by atoms with van der Waals surface area (Å²) in [6.45, 7) is 16.1. The lowest BCUT2D eigenvalue weighted by atomic mass is 10.2. The molecule has 5 rings (SSSR count). The molecule has 0 aliphatic rings. The first-order chi connectivity index (χ1) is 28.5. The Morgan fingerprint density at radius 1 is 0.508 bits per heavy atom. The van der Waals surface area contributed by atoms with Gasteiger partial charge in [0.25, 0.3) is 0 Å². The monoisotopic (exact) mass is 798 g/mol. The molecule has 1 aromatic heterocycles. The second-order valence-corrected chi connectivity index (χ2v) is 13.0. The smallest absolute Gasteiger partial charge is 0.333 e. The molecule has 304 valence electrons. The number of ether oxygens (including phenoxy) is 5. The average Bonchev–Trinajstić information content (AvgIpc) is 3.23. The lowest BCUT2D eigenvalue weighted by molar-refractivity contribution is -0.140. The molecule has 4 aromatic carbocycles. The topological polar surface area (TPSA) is 155 Å². The Morgan fingerprint density at radius 2 is 0.898 bits per heavy atom. The molecule has 0 spiro atoms. The summed E-state index contributed by atoms with van der Waals surface area (Å²) in [4.78, 5) is 54.4. The fourth-order valence-electron chi connectivity index (χ4n) is 5.24. The van der Waals surface area contributed by atoms with Crippen LogP contribution in [0, 0.1) is 0 Å². The highest BCUT2D eigenvalue weighted by molar-refractivity contribution is 5.87. The number of hydrogen-bond acceptors (Lipinski definition) is 14. The molecule has 1 N–H and O–H groups in total. The normalized spacial score (nSPS) is 10.4. The van der Waals surface area contributed by atoms with E-state index < -0.39 is 17.9 Å². The van der Waals surface area contributed by atoms with E-state index in [0.717, 1.165) is 11.4 Å². The zero-order valence-electron chi connectivity index (χ0n) is 33.3. The first-order valence-corrected chi connectivity index (χ1v) is 18.6. The van der Waals surface area contributed by atoms with Gasteiger partial charge in [0.2, 0.25) is 17.8 Å². The molecular formula is C45H46N6O8. The Kier molecular flexibility index (Phi) is 15.3. The minimum absolute atomic E-state index is 0.0228. The van der Waals surface area contributed by atoms with E-state index in [1.165, 1.54) is 0 Å². The molecule has 0 atom stereocenters. The molecule has 1 heterocycles. The number of benzene rings is 4. The molecule has 0 saturated carbocycles. The highest BCUT2D eigenvalue weighted by atomic mass is 16.6. The van der Waals surface area contributed by atoms with Crippen molar-refractivity contribution in [1.29, 1.82) is 0 Å². The summed E-state index contributed by atoms with van der Waals surface area (Å²) in [5.41, 5.74) is 3.65. The van der Waals surface area contributed by atoms with E-state index in [1.54, 1.807) is 32.9 Å². The fourth-order valence-corrected chi connectivity index (χ4v) is 5.24. The SMILES string of the molecule is C=C(C)C(=O)OCCNc1nc(N(c2ccccc2)c2cccc(OCCOC(=O)C(=C)C)c2)nc(N(c2ccccc2)c2cccc(OCCOC(=O)C(=C)C)c2)n1. The van der Waals surface area contributed by atoms with Crippen molar-refractivity contribution in [2.24, 2.45) is 0 Å². The Hall–Kier alpha value is -7.48. The van der Waals surface area contributed by atoms with E-state index >= 15 is 0 Å². The third-order valence-electron chi connectivity index (χ3n) is 8.03. The standard InChI is InChI=1S/C45H46N6O8/c1-31(2)40(52)57-24-23-46-43-47-44(50(34-15-9-7-10-16-34)36-19-13-21-38(29-36)55-25-27-58-41(53)32(3)4)49-45(48-43)51(35-17-11-8-12-18-35)37-20-14-22-39(30-37)56-26-28-59-42(54)33(5)6/h7-22,29-30H,1,3,5,23-28H2,2,4,6H3,(H,46,47,48,49). The van der Waals surface area contributed by atoms with Gasteiger partial charge in [-0.15, -0.1) is 0 Å². The number of anilines is 7. The zero-order chi connectivity index (χ0) is 42.1. The molecule has 5 aromatic rings. The van der Waals surface area contributed by atoms with Crippen LogP contribution in [0.15, 0.2) is 146 Å². The van der Waals surface area contributed by atoms with Crippen LogP contribution >= 0.6 is 0 Å². The summed E-state index contributed by atoms with van der Waals surface area (Å²) in [6, 6.07) is 33.8. The van der Waals surface area contributed by atoms with Gasteiger partial charge in [-0.05, 0) is 69.3 Å². The van der Waals surface area contributed by atoms with E-state index in [1.807, 2.05) is 107 Å². The van der Waals surface area contributed by atoms with Gasteiger partial charge in [0.1, 0.15) is 44.5 Å². The largest absolute Gasteiger partial charge is 0.490 e. The van der Waals surface area contributed by atoms with Crippen molar-refractivity contribution in [2.75, 3.05) is 54.7 Å². The fraction of sp³-hybridized carbons (Fsp3) is 0.200. The van der Waals surface area contributed by atoms with Gasteiger partial charge in [-0.1, -0.05) is 68.3 Å². The highest BCUT2D eigenvalue weighted by Gasteiger charge is 2.23. The number of para-hydroxylation sites is 2. The van der Waals surface area contributed by atoms with Gasteiger partial charge in [-0.3, -0.25) is 9.80 Å². The number of carbonyl (C=O) groups is 3. The van der Waals surface area contributed by atoms with Gasteiger partial charge in [-0.25, -0.2) is 14.4 Å². The lowest BCUT2D eigenvalue weighted by Crippen LogP contribution is -2.21. The number of carbonyl (C=O) groups excluding carboxylic acids is 3. The summed E-state index contributed by atoms with van der Waals surface area (Å²) in [5, 5.41) is 3.19. The predicted octanol–water partition coefficient (Wildman–Crippen LogP) is 8.34. The maximum atomic E-state index is 12.1. The molecule has 14 heteroatoms. The van der Waals surface area contributed by atoms with Crippen LogP contribution in [0.5, 0.6) is 11.5 Å². The zero-order valence-corrected chi connectivity index (χ0v) is 33.3. The van der Waals surface area contributed by atoms with Crippen LogP contribution in [0.2, 0.25) is 0 Å². The number of nitrogens with one attached hydrogen (secondary N) is 1. The number of aromatic nitrogens is 3. The van der Waals surface area contributed by atoms with Crippen molar-refractivity contribution >= 4 is 58.5 Å². The van der Waals surface area contributed by atoms with Gasteiger partial charge in [0.05, 0.1) is 17.9 Å². The Bertz CT molecular complexity index is 2130. The quantitative estimate of drug-likeness (QED) is 0.0327. The van der Waals surface area contributed by atoms with Crippen LogP contribution < -0.4 is 24.6 Å². The highest BCUT2D eigenvalue weighted by Crippen LogP contribution is 2.38. The molecule has 59 heavy (non-hydrogen) atoms. The third kappa shape index (κ3) is 12.5. The van der Waals surface area contributed by atoms with Crippen LogP contribution in [-0.4, -0.2) is 72.4 Å². The molecule has 0 amide bonds. The maximum absolute atomic E-state index is 12.1. The third-order valence-corrected chi connectivity index (χ3v) is 8.03. The lowest BCUT2D eigenvalue weighted by Gasteiger charge is -2.27.